The maximum atomic E-state index is 7.41. The summed E-state index contributed by atoms with van der Waals surface area (Å²) in [6.07, 6.45) is 5.06. The minimum absolute atomic E-state index is 0.323. The van der Waals surface area contributed by atoms with E-state index in [1.807, 2.05) is 41.9 Å². The molecule has 0 bridgehead atoms. The van der Waals surface area contributed by atoms with Crippen LogP contribution in [0.25, 0.3) is 16.6 Å². The van der Waals surface area contributed by atoms with Gasteiger partial charge in [-0.25, -0.2) is 10.0 Å². The number of rotatable bonds is 12. The second-order valence-electron chi connectivity index (χ2n) is 8.71. The highest BCUT2D eigenvalue weighted by atomic mass is 16.5. The quantitative estimate of drug-likeness (QED) is 0.252. The van der Waals surface area contributed by atoms with Gasteiger partial charge in [0.05, 0.1) is 19.4 Å². The molecule has 2 aromatic heterocycles. The zero-order valence-electron chi connectivity index (χ0n) is 20.9. The van der Waals surface area contributed by atoms with Gasteiger partial charge in [0.25, 0.3) is 0 Å². The fourth-order valence-corrected chi connectivity index (χ4v) is 4.49. The van der Waals surface area contributed by atoms with Crippen molar-refractivity contribution in [2.45, 2.75) is 39.2 Å². The highest BCUT2D eigenvalue weighted by Crippen LogP contribution is 2.36. The van der Waals surface area contributed by atoms with Crippen LogP contribution in [0.1, 0.15) is 33.1 Å². The lowest BCUT2D eigenvalue weighted by Crippen LogP contribution is -2.40. The van der Waals surface area contributed by atoms with Crippen LogP contribution >= 0.6 is 0 Å². The lowest BCUT2D eigenvalue weighted by atomic mass is 10.1. The second kappa shape index (κ2) is 11.9. The zero-order valence-corrected chi connectivity index (χ0v) is 20.9. The van der Waals surface area contributed by atoms with Crippen LogP contribution in [0.2, 0.25) is 0 Å². The summed E-state index contributed by atoms with van der Waals surface area (Å²) in [7, 11) is 1.63. The Hall–Kier alpha value is -3.24. The first-order chi connectivity index (χ1) is 17.2. The van der Waals surface area contributed by atoms with Crippen molar-refractivity contribution in [3.05, 3.63) is 30.5 Å². The van der Waals surface area contributed by atoms with E-state index in [0.29, 0.717) is 23.6 Å². The monoisotopic (exact) mass is 480 g/mol. The minimum atomic E-state index is 0.323. The Morgan fingerprint density at radius 1 is 1.17 bits per heavy atom. The number of hydrogen-bond acceptors (Lipinski definition) is 9. The SMILES string of the molecule is CCCOCCN1CCC(Nc2nc(OC)c3c(-c4ccc(N=N)c(NCC)c4)ccn3n2)CC1. The Balaban J connectivity index is 1.48. The molecule has 10 heteroatoms. The highest BCUT2D eigenvalue weighted by molar-refractivity contribution is 5.87. The van der Waals surface area contributed by atoms with Gasteiger partial charge in [-0.1, -0.05) is 13.0 Å². The summed E-state index contributed by atoms with van der Waals surface area (Å²) in [4.78, 5) is 7.15. The average molecular weight is 481 g/mol. The molecule has 0 spiro atoms. The van der Waals surface area contributed by atoms with Gasteiger partial charge >= 0.3 is 0 Å². The average Bonchev–Trinajstić information content (AvgIpc) is 3.31. The van der Waals surface area contributed by atoms with Crippen LogP contribution in [0.15, 0.2) is 35.6 Å². The van der Waals surface area contributed by atoms with E-state index in [1.54, 1.807) is 7.11 Å². The van der Waals surface area contributed by atoms with E-state index in [-0.39, 0.29) is 0 Å². The largest absolute Gasteiger partial charge is 0.479 e. The molecule has 0 radical (unpaired) electrons. The number of hydrogen-bond donors (Lipinski definition) is 3. The first-order valence-corrected chi connectivity index (χ1v) is 12.4. The van der Waals surface area contributed by atoms with Crippen molar-refractivity contribution in [3.63, 3.8) is 0 Å². The van der Waals surface area contributed by atoms with Crippen molar-refractivity contribution < 1.29 is 9.47 Å². The number of piperidine rings is 1. The molecule has 35 heavy (non-hydrogen) atoms. The van der Waals surface area contributed by atoms with Crippen molar-refractivity contribution >= 4 is 22.8 Å². The Kier molecular flexibility index (Phi) is 8.49. The van der Waals surface area contributed by atoms with Crippen LogP contribution in [0.4, 0.5) is 17.3 Å². The molecular formula is C25H36N8O2. The summed E-state index contributed by atoms with van der Waals surface area (Å²) >= 11 is 0. The summed E-state index contributed by atoms with van der Waals surface area (Å²) < 4.78 is 13.1. The first kappa shape index (κ1) is 24.9. The Labute approximate surface area is 206 Å². The topological polar surface area (TPSA) is 112 Å². The van der Waals surface area contributed by atoms with Gasteiger partial charge in [-0.2, -0.15) is 10.1 Å². The third-order valence-corrected chi connectivity index (χ3v) is 6.29. The number of nitrogens with one attached hydrogen (secondary N) is 3. The van der Waals surface area contributed by atoms with E-state index in [4.69, 9.17) is 25.1 Å². The van der Waals surface area contributed by atoms with Crippen LogP contribution in [0.5, 0.6) is 5.88 Å². The molecule has 4 rings (SSSR count). The third-order valence-electron chi connectivity index (χ3n) is 6.29. The molecule has 1 fully saturated rings. The van der Waals surface area contributed by atoms with Gasteiger partial charge in [-0.15, -0.1) is 5.10 Å². The van der Waals surface area contributed by atoms with Crippen LogP contribution in [-0.2, 0) is 4.74 Å². The molecule has 1 aliphatic rings. The van der Waals surface area contributed by atoms with Crippen LogP contribution in [0.3, 0.4) is 0 Å². The summed E-state index contributed by atoms with van der Waals surface area (Å²) in [6.45, 7) is 9.60. The van der Waals surface area contributed by atoms with E-state index < -0.39 is 0 Å². The zero-order chi connectivity index (χ0) is 24.6. The molecule has 1 saturated heterocycles. The number of likely N-dealkylation sites (tertiary alicyclic amines) is 1. The van der Waals surface area contributed by atoms with Crippen molar-refractivity contribution in [2.24, 2.45) is 5.11 Å². The van der Waals surface area contributed by atoms with E-state index in [1.165, 1.54) is 0 Å². The van der Waals surface area contributed by atoms with Crippen molar-refractivity contribution in [3.8, 4) is 17.0 Å². The minimum Gasteiger partial charge on any atom is -0.479 e. The van der Waals surface area contributed by atoms with E-state index in [0.717, 1.165) is 81.0 Å². The molecule has 1 aliphatic heterocycles. The van der Waals surface area contributed by atoms with Gasteiger partial charge < -0.3 is 25.0 Å². The fraction of sp³-hybridized carbons (Fsp3) is 0.520. The molecule has 0 amide bonds. The van der Waals surface area contributed by atoms with Gasteiger partial charge in [-0.05, 0) is 49.9 Å². The lowest BCUT2D eigenvalue weighted by molar-refractivity contribution is 0.0954. The van der Waals surface area contributed by atoms with Crippen molar-refractivity contribution in [1.82, 2.24) is 19.5 Å². The molecule has 3 aromatic rings. The van der Waals surface area contributed by atoms with Gasteiger partial charge in [-0.3, -0.25) is 0 Å². The standard InChI is InChI=1S/C25H36N8O2/c1-4-15-35-16-14-32-11-8-19(9-12-32)28-25-29-24(34-3)23-20(10-13-33(23)31-25)18-6-7-21(30-26)22(17-18)27-5-2/h6-7,10,13,17,19,26-27H,4-5,8-9,11-12,14-16H2,1-3H3,(H,28,31). The molecule has 0 aliphatic carbocycles. The number of methoxy groups -OCH3 is 1. The maximum absolute atomic E-state index is 7.41. The van der Waals surface area contributed by atoms with Gasteiger partial charge in [0.15, 0.2) is 0 Å². The maximum Gasteiger partial charge on any atom is 0.244 e. The summed E-state index contributed by atoms with van der Waals surface area (Å²) in [6, 6.07) is 8.13. The Morgan fingerprint density at radius 3 is 2.71 bits per heavy atom. The van der Waals surface area contributed by atoms with Crippen molar-refractivity contribution in [1.29, 1.82) is 5.53 Å². The van der Waals surface area contributed by atoms with E-state index in [9.17, 15) is 0 Å². The van der Waals surface area contributed by atoms with Crippen LogP contribution in [0, 0.1) is 5.53 Å². The number of nitrogens with zero attached hydrogens (tertiary/aromatic N) is 5. The van der Waals surface area contributed by atoms with Gasteiger partial charge in [0, 0.05) is 50.6 Å². The molecule has 1 aromatic carbocycles. The fourth-order valence-electron chi connectivity index (χ4n) is 4.49. The predicted molar refractivity (Wildman–Crippen MR) is 138 cm³/mol. The summed E-state index contributed by atoms with van der Waals surface area (Å²) in [5, 5.41) is 15.1. The van der Waals surface area contributed by atoms with Crippen molar-refractivity contribution in [2.75, 3.05) is 57.1 Å². The molecule has 0 atom stereocenters. The third kappa shape index (κ3) is 5.88. The van der Waals surface area contributed by atoms with Crippen LogP contribution in [-0.4, -0.2) is 72.0 Å². The number of fused-ring (bicyclic) bond motifs is 1. The molecule has 0 saturated carbocycles. The molecule has 10 nitrogen and oxygen atoms in total. The molecular weight excluding hydrogens is 444 g/mol. The summed E-state index contributed by atoms with van der Waals surface area (Å²) in [5.41, 5.74) is 11.6. The Morgan fingerprint density at radius 2 is 2.00 bits per heavy atom. The number of aromatic nitrogens is 3. The van der Waals surface area contributed by atoms with Gasteiger partial charge in [0.2, 0.25) is 11.8 Å². The first-order valence-electron chi connectivity index (χ1n) is 12.4. The smallest absolute Gasteiger partial charge is 0.244 e. The highest BCUT2D eigenvalue weighted by Gasteiger charge is 2.21. The Bertz CT molecular complexity index is 1120. The van der Waals surface area contributed by atoms with Gasteiger partial charge in [0.1, 0.15) is 11.2 Å². The second-order valence-corrected chi connectivity index (χ2v) is 8.71. The lowest BCUT2D eigenvalue weighted by Gasteiger charge is -2.32. The normalized spacial score (nSPS) is 14.8. The number of benzene rings is 1. The molecule has 0 unspecified atom stereocenters. The summed E-state index contributed by atoms with van der Waals surface area (Å²) in [5.74, 6) is 1.09. The number of ether oxygens (including phenoxy) is 2. The predicted octanol–water partition coefficient (Wildman–Crippen LogP) is 4.80. The molecule has 3 heterocycles. The van der Waals surface area contributed by atoms with E-state index in [2.05, 4.69) is 27.6 Å². The van der Waals surface area contributed by atoms with E-state index >= 15 is 0 Å². The molecule has 188 valence electrons. The van der Waals surface area contributed by atoms with Crippen LogP contribution < -0.4 is 15.4 Å². The molecule has 3 N–H and O–H groups in total. The number of anilines is 2.